The van der Waals surface area contributed by atoms with E-state index in [1.807, 2.05) is 0 Å². The second-order valence-corrected chi connectivity index (χ2v) is 10.5. The SMILES string of the molecule is CCOC(=O)c1nc(C(=O)C23CCC(CC2)N3)c(-c2ccc(C(O)(C(F)(F)F)C(F)(F)F)c(Cl)c2Cl)s1. The molecule has 2 aliphatic rings. The van der Waals surface area contributed by atoms with E-state index in [-0.39, 0.29) is 33.8 Å². The van der Waals surface area contributed by atoms with Crippen LogP contribution in [0.5, 0.6) is 0 Å². The molecule has 1 aromatic carbocycles. The Hall–Kier alpha value is -1.93. The summed E-state index contributed by atoms with van der Waals surface area (Å²) in [6, 6.07) is 1.22. The van der Waals surface area contributed by atoms with Gasteiger partial charge in [-0.15, -0.1) is 11.3 Å². The molecule has 2 bridgehead atoms. The van der Waals surface area contributed by atoms with Gasteiger partial charge in [0.2, 0.25) is 10.8 Å². The van der Waals surface area contributed by atoms with E-state index in [0.717, 1.165) is 18.9 Å². The summed E-state index contributed by atoms with van der Waals surface area (Å²) < 4.78 is 85.5. The van der Waals surface area contributed by atoms with Crippen molar-refractivity contribution >= 4 is 46.3 Å². The summed E-state index contributed by atoms with van der Waals surface area (Å²) in [7, 11) is 0. The lowest BCUT2D eigenvalue weighted by Crippen LogP contribution is -2.54. The molecular formula is C22H18Cl2F6N2O4S. The molecule has 2 fully saturated rings. The number of rotatable bonds is 6. The maximum Gasteiger partial charge on any atom is 0.430 e. The molecule has 3 heterocycles. The maximum atomic E-state index is 13.6. The maximum absolute atomic E-state index is 13.6. The van der Waals surface area contributed by atoms with Crippen LogP contribution in [0.15, 0.2) is 12.1 Å². The molecule has 202 valence electrons. The molecule has 0 radical (unpaired) electrons. The minimum absolute atomic E-state index is 0.0149. The van der Waals surface area contributed by atoms with Crippen molar-refractivity contribution in [2.75, 3.05) is 6.61 Å². The Kier molecular flexibility index (Phi) is 7.11. The number of fused-ring (bicyclic) bond motifs is 2. The lowest BCUT2D eigenvalue weighted by molar-refractivity contribution is -0.376. The fourth-order valence-corrected chi connectivity index (χ4v) is 6.32. The Balaban J connectivity index is 1.88. The summed E-state index contributed by atoms with van der Waals surface area (Å²) >= 11 is 12.7. The van der Waals surface area contributed by atoms with Crippen LogP contribution in [-0.2, 0) is 10.3 Å². The largest absolute Gasteiger partial charge is 0.461 e. The molecule has 15 heteroatoms. The number of ether oxygens (including phenoxy) is 1. The number of alkyl halides is 6. The number of aliphatic hydroxyl groups is 1. The van der Waals surface area contributed by atoms with Crippen molar-refractivity contribution in [3.8, 4) is 10.4 Å². The predicted octanol–water partition coefficient (Wildman–Crippen LogP) is 6.07. The molecule has 37 heavy (non-hydrogen) atoms. The number of halogens is 8. The van der Waals surface area contributed by atoms with E-state index in [9.17, 15) is 41.0 Å². The number of carbonyl (C=O) groups excluding carboxylic acids is 2. The van der Waals surface area contributed by atoms with Gasteiger partial charge in [0.25, 0.3) is 5.60 Å². The number of esters is 1. The van der Waals surface area contributed by atoms with Crippen LogP contribution in [0, 0.1) is 0 Å². The first-order valence-electron chi connectivity index (χ1n) is 10.9. The molecule has 0 aliphatic carbocycles. The standard InChI is InChI=1S/C22H18Cl2F6N2O4S/c1-2-36-18(34)17-31-14(16(33)19-7-5-9(32-19)6-8-19)15(37-17)10-3-4-11(13(24)12(10)23)20(35,21(25,26)27)22(28,29)30/h3-4,9,32,35H,2,5-8H2,1H3. The predicted molar refractivity (Wildman–Crippen MR) is 122 cm³/mol. The normalized spacial score (nSPS) is 21.9. The molecule has 2 aliphatic heterocycles. The van der Waals surface area contributed by atoms with Crippen molar-refractivity contribution in [1.29, 1.82) is 0 Å². The molecule has 2 saturated heterocycles. The lowest BCUT2D eigenvalue weighted by Gasteiger charge is -2.33. The van der Waals surface area contributed by atoms with E-state index < -0.39 is 50.9 Å². The average molecular weight is 591 g/mol. The number of aromatic nitrogens is 1. The van der Waals surface area contributed by atoms with Gasteiger partial charge in [0.05, 0.1) is 27.1 Å². The highest BCUT2D eigenvalue weighted by molar-refractivity contribution is 7.17. The van der Waals surface area contributed by atoms with Gasteiger partial charge >= 0.3 is 18.3 Å². The number of thiazole rings is 1. The van der Waals surface area contributed by atoms with Crippen LogP contribution in [0.1, 0.15) is 58.5 Å². The third-order valence-corrected chi connectivity index (χ3v) is 8.53. The highest BCUT2D eigenvalue weighted by Gasteiger charge is 2.72. The Morgan fingerprint density at radius 2 is 1.73 bits per heavy atom. The zero-order valence-electron chi connectivity index (χ0n) is 18.8. The van der Waals surface area contributed by atoms with Crippen LogP contribution in [0.4, 0.5) is 26.3 Å². The van der Waals surface area contributed by atoms with E-state index in [1.165, 1.54) is 6.92 Å². The van der Waals surface area contributed by atoms with Gasteiger partial charge in [-0.3, -0.25) is 4.79 Å². The molecule has 0 atom stereocenters. The zero-order chi connectivity index (χ0) is 27.6. The molecule has 2 aromatic rings. The third kappa shape index (κ3) is 4.42. The first kappa shape index (κ1) is 28.1. The number of nitrogens with zero attached hydrogens (tertiary/aromatic N) is 1. The van der Waals surface area contributed by atoms with Gasteiger partial charge in [0, 0.05) is 17.2 Å². The van der Waals surface area contributed by atoms with E-state index in [2.05, 4.69) is 10.3 Å². The van der Waals surface area contributed by atoms with Crippen molar-refractivity contribution in [2.45, 2.75) is 62.1 Å². The summed E-state index contributed by atoms with van der Waals surface area (Å²) in [5.41, 5.74) is -8.49. The van der Waals surface area contributed by atoms with Crippen LogP contribution in [-0.4, -0.2) is 52.4 Å². The number of benzene rings is 1. The van der Waals surface area contributed by atoms with Gasteiger partial charge in [-0.2, -0.15) is 26.3 Å². The average Bonchev–Trinajstić information content (AvgIpc) is 3.54. The van der Waals surface area contributed by atoms with Crippen LogP contribution in [0.3, 0.4) is 0 Å². The highest BCUT2D eigenvalue weighted by atomic mass is 35.5. The summed E-state index contributed by atoms with van der Waals surface area (Å²) in [5, 5.41) is 10.7. The first-order valence-corrected chi connectivity index (χ1v) is 12.5. The van der Waals surface area contributed by atoms with E-state index in [4.69, 9.17) is 27.9 Å². The van der Waals surface area contributed by atoms with E-state index >= 15 is 0 Å². The van der Waals surface area contributed by atoms with Crippen LogP contribution >= 0.6 is 34.5 Å². The topological polar surface area (TPSA) is 88.5 Å². The highest BCUT2D eigenvalue weighted by Crippen LogP contribution is 2.54. The second kappa shape index (κ2) is 9.37. The van der Waals surface area contributed by atoms with Gasteiger partial charge in [0.15, 0.2) is 0 Å². The number of hydrogen-bond donors (Lipinski definition) is 2. The number of carbonyl (C=O) groups is 2. The summed E-state index contributed by atoms with van der Waals surface area (Å²) in [6.45, 7) is 1.52. The quantitative estimate of drug-likeness (QED) is 0.241. The second-order valence-electron chi connectivity index (χ2n) is 8.74. The number of Topliss-reactive ketones (excluding diaryl/α,β-unsaturated/α-hetero) is 1. The monoisotopic (exact) mass is 590 g/mol. The van der Waals surface area contributed by atoms with Crippen LogP contribution in [0.2, 0.25) is 10.0 Å². The molecule has 2 N–H and O–H groups in total. The first-order chi connectivity index (χ1) is 17.1. The van der Waals surface area contributed by atoms with Gasteiger partial charge in [0.1, 0.15) is 5.69 Å². The van der Waals surface area contributed by atoms with Crippen molar-refractivity contribution in [3.63, 3.8) is 0 Å². The van der Waals surface area contributed by atoms with Crippen molar-refractivity contribution in [1.82, 2.24) is 10.3 Å². The number of ketones is 1. The Morgan fingerprint density at radius 3 is 2.22 bits per heavy atom. The van der Waals surface area contributed by atoms with Crippen molar-refractivity contribution < 1.29 is 45.8 Å². The molecule has 6 nitrogen and oxygen atoms in total. The molecule has 0 unspecified atom stereocenters. The van der Waals surface area contributed by atoms with Crippen LogP contribution in [0.25, 0.3) is 10.4 Å². The summed E-state index contributed by atoms with van der Waals surface area (Å²) in [6.07, 6.45) is -9.95. The minimum atomic E-state index is -6.19. The molecule has 4 rings (SSSR count). The van der Waals surface area contributed by atoms with E-state index in [0.29, 0.717) is 30.2 Å². The van der Waals surface area contributed by atoms with Gasteiger partial charge < -0.3 is 15.2 Å². The molecule has 1 aromatic heterocycles. The minimum Gasteiger partial charge on any atom is -0.461 e. The van der Waals surface area contributed by atoms with Crippen molar-refractivity contribution in [2.24, 2.45) is 0 Å². The van der Waals surface area contributed by atoms with Gasteiger partial charge in [-0.1, -0.05) is 35.3 Å². The van der Waals surface area contributed by atoms with E-state index in [1.54, 1.807) is 0 Å². The molecule has 0 amide bonds. The molecule has 0 spiro atoms. The number of hydrogen-bond acceptors (Lipinski definition) is 7. The Labute approximate surface area is 219 Å². The van der Waals surface area contributed by atoms with Gasteiger partial charge in [-0.25, -0.2) is 9.78 Å². The Bertz CT molecular complexity index is 1240. The summed E-state index contributed by atoms with van der Waals surface area (Å²) in [4.78, 5) is 30.0. The Morgan fingerprint density at radius 1 is 1.14 bits per heavy atom. The lowest BCUT2D eigenvalue weighted by atomic mass is 9.82. The van der Waals surface area contributed by atoms with Crippen molar-refractivity contribution in [3.05, 3.63) is 38.4 Å². The fraction of sp³-hybridized carbons (Fsp3) is 0.500. The molecular weight excluding hydrogens is 573 g/mol. The van der Waals surface area contributed by atoms with Crippen LogP contribution < -0.4 is 5.32 Å². The fourth-order valence-electron chi connectivity index (χ4n) is 4.72. The summed E-state index contributed by atoms with van der Waals surface area (Å²) in [5.74, 6) is -1.37. The number of nitrogens with one attached hydrogen (secondary N) is 1. The smallest absolute Gasteiger partial charge is 0.430 e. The zero-order valence-corrected chi connectivity index (χ0v) is 21.1. The van der Waals surface area contributed by atoms with Gasteiger partial charge in [-0.05, 0) is 32.6 Å². The molecule has 0 saturated carbocycles. The third-order valence-electron chi connectivity index (χ3n) is 6.58.